The standard InChI is InChI=1S/C11H13ClFN5S/c1-14-5-6-18-11(15-16-17-18)19-7-8-9(12)3-2-4-10(8)13/h2-4,14H,5-7H2,1H3. The third-order valence-corrected chi connectivity index (χ3v) is 3.82. The van der Waals surface area contributed by atoms with E-state index in [9.17, 15) is 4.39 Å². The molecular formula is C11H13ClFN5S. The van der Waals surface area contributed by atoms with Gasteiger partial charge in [0.15, 0.2) is 0 Å². The predicted octanol–water partition coefficient (Wildman–Crippen LogP) is 1.98. The Bertz CT molecular complexity index is 527. The van der Waals surface area contributed by atoms with E-state index in [1.165, 1.54) is 17.8 Å². The summed E-state index contributed by atoms with van der Waals surface area (Å²) in [7, 11) is 1.86. The number of tetrazole rings is 1. The van der Waals surface area contributed by atoms with Crippen molar-refractivity contribution in [2.24, 2.45) is 0 Å². The number of aromatic nitrogens is 4. The molecule has 0 bridgehead atoms. The molecule has 2 rings (SSSR count). The molecular weight excluding hydrogens is 289 g/mol. The number of nitrogens with one attached hydrogen (secondary N) is 1. The van der Waals surface area contributed by atoms with Crippen molar-refractivity contribution in [1.82, 2.24) is 25.5 Å². The van der Waals surface area contributed by atoms with Gasteiger partial charge in [0.25, 0.3) is 0 Å². The number of hydrogen-bond acceptors (Lipinski definition) is 5. The van der Waals surface area contributed by atoms with Crippen molar-refractivity contribution in [3.05, 3.63) is 34.6 Å². The van der Waals surface area contributed by atoms with E-state index in [0.29, 0.717) is 28.0 Å². The van der Waals surface area contributed by atoms with Gasteiger partial charge in [0.05, 0.1) is 6.54 Å². The highest BCUT2D eigenvalue weighted by atomic mass is 35.5. The minimum atomic E-state index is -0.311. The Kier molecular flexibility index (Phi) is 5.12. The first-order valence-electron chi connectivity index (χ1n) is 5.69. The SMILES string of the molecule is CNCCn1nnnc1SCc1c(F)cccc1Cl. The van der Waals surface area contributed by atoms with Crippen LogP contribution in [-0.4, -0.2) is 33.8 Å². The van der Waals surface area contributed by atoms with Gasteiger partial charge in [-0.15, -0.1) is 5.10 Å². The summed E-state index contributed by atoms with van der Waals surface area (Å²) in [4.78, 5) is 0. The fourth-order valence-electron chi connectivity index (χ4n) is 1.46. The van der Waals surface area contributed by atoms with Gasteiger partial charge in [-0.1, -0.05) is 29.4 Å². The quantitative estimate of drug-likeness (QED) is 0.827. The maximum Gasteiger partial charge on any atom is 0.209 e. The van der Waals surface area contributed by atoms with Gasteiger partial charge >= 0.3 is 0 Å². The number of nitrogens with zero attached hydrogens (tertiary/aromatic N) is 4. The molecule has 0 atom stereocenters. The third kappa shape index (κ3) is 3.65. The van der Waals surface area contributed by atoms with Crippen molar-refractivity contribution in [3.8, 4) is 0 Å². The van der Waals surface area contributed by atoms with E-state index < -0.39 is 0 Å². The zero-order chi connectivity index (χ0) is 13.7. The highest BCUT2D eigenvalue weighted by Gasteiger charge is 2.11. The van der Waals surface area contributed by atoms with Crippen LogP contribution in [0.4, 0.5) is 4.39 Å². The van der Waals surface area contributed by atoms with Crippen molar-refractivity contribution in [2.45, 2.75) is 17.5 Å². The fraction of sp³-hybridized carbons (Fsp3) is 0.364. The van der Waals surface area contributed by atoms with Gasteiger partial charge in [-0.3, -0.25) is 0 Å². The molecule has 19 heavy (non-hydrogen) atoms. The van der Waals surface area contributed by atoms with Crippen molar-refractivity contribution in [2.75, 3.05) is 13.6 Å². The molecule has 5 nitrogen and oxygen atoms in total. The second-order valence-electron chi connectivity index (χ2n) is 3.78. The van der Waals surface area contributed by atoms with Crippen molar-refractivity contribution >= 4 is 23.4 Å². The van der Waals surface area contributed by atoms with Gasteiger partial charge < -0.3 is 5.32 Å². The van der Waals surface area contributed by atoms with Crippen molar-refractivity contribution in [1.29, 1.82) is 0 Å². The van der Waals surface area contributed by atoms with Crippen LogP contribution >= 0.6 is 23.4 Å². The first-order chi connectivity index (χ1) is 9.22. The molecule has 0 aliphatic carbocycles. The van der Waals surface area contributed by atoms with E-state index in [-0.39, 0.29) is 5.82 Å². The summed E-state index contributed by atoms with van der Waals surface area (Å²) in [6, 6.07) is 4.65. The average Bonchev–Trinajstić information content (AvgIpc) is 2.83. The fourth-order valence-corrected chi connectivity index (χ4v) is 2.71. The maximum absolute atomic E-state index is 13.6. The van der Waals surface area contributed by atoms with Gasteiger partial charge in [0.1, 0.15) is 5.82 Å². The largest absolute Gasteiger partial charge is 0.318 e. The Hall–Kier alpha value is -1.18. The van der Waals surface area contributed by atoms with Crippen LogP contribution in [0.2, 0.25) is 5.02 Å². The van der Waals surface area contributed by atoms with Crippen LogP contribution in [0, 0.1) is 5.82 Å². The van der Waals surface area contributed by atoms with Crippen molar-refractivity contribution in [3.63, 3.8) is 0 Å². The van der Waals surface area contributed by atoms with Gasteiger partial charge in [-0.05, 0) is 29.6 Å². The molecule has 1 aromatic heterocycles. The highest BCUT2D eigenvalue weighted by Crippen LogP contribution is 2.26. The van der Waals surface area contributed by atoms with E-state index >= 15 is 0 Å². The molecule has 1 N–H and O–H groups in total. The Labute approximate surface area is 119 Å². The maximum atomic E-state index is 13.6. The molecule has 0 fully saturated rings. The Morgan fingerprint density at radius 2 is 2.32 bits per heavy atom. The normalized spacial score (nSPS) is 10.9. The number of likely N-dealkylation sites (N-methyl/N-ethyl adjacent to an activating group) is 1. The second kappa shape index (κ2) is 6.83. The number of hydrogen-bond donors (Lipinski definition) is 1. The van der Waals surface area contributed by atoms with E-state index in [1.807, 2.05) is 7.05 Å². The lowest BCUT2D eigenvalue weighted by Gasteiger charge is -2.06. The number of rotatable bonds is 6. The number of benzene rings is 1. The second-order valence-corrected chi connectivity index (χ2v) is 5.13. The topological polar surface area (TPSA) is 55.6 Å². The monoisotopic (exact) mass is 301 g/mol. The van der Waals surface area contributed by atoms with E-state index in [4.69, 9.17) is 11.6 Å². The molecule has 0 spiro atoms. The number of halogens is 2. The molecule has 0 saturated heterocycles. The lowest BCUT2D eigenvalue weighted by molar-refractivity contribution is 0.530. The smallest absolute Gasteiger partial charge is 0.209 e. The Morgan fingerprint density at radius 1 is 1.47 bits per heavy atom. The molecule has 2 aromatic rings. The summed E-state index contributed by atoms with van der Waals surface area (Å²) in [6.07, 6.45) is 0. The van der Waals surface area contributed by atoms with Crippen LogP contribution in [0.3, 0.4) is 0 Å². The molecule has 0 amide bonds. The van der Waals surface area contributed by atoms with Gasteiger partial charge in [0.2, 0.25) is 5.16 Å². The summed E-state index contributed by atoms with van der Waals surface area (Å²) in [5.74, 6) is 0.0834. The summed E-state index contributed by atoms with van der Waals surface area (Å²) in [5.41, 5.74) is 0.470. The Morgan fingerprint density at radius 3 is 3.05 bits per heavy atom. The lowest BCUT2D eigenvalue weighted by atomic mass is 10.2. The minimum Gasteiger partial charge on any atom is -0.318 e. The minimum absolute atomic E-state index is 0.311. The number of thioether (sulfide) groups is 1. The molecule has 0 aliphatic heterocycles. The zero-order valence-corrected chi connectivity index (χ0v) is 11.9. The first kappa shape index (κ1) is 14.2. The molecule has 0 radical (unpaired) electrons. The summed E-state index contributed by atoms with van der Waals surface area (Å²) in [5, 5.41) is 15.5. The van der Waals surface area contributed by atoms with Crippen LogP contribution < -0.4 is 5.32 Å². The van der Waals surface area contributed by atoms with E-state index in [0.717, 1.165) is 6.54 Å². The molecule has 8 heteroatoms. The van der Waals surface area contributed by atoms with Gasteiger partial charge in [-0.25, -0.2) is 9.07 Å². The van der Waals surface area contributed by atoms with Crippen LogP contribution in [0.5, 0.6) is 0 Å². The molecule has 1 heterocycles. The molecule has 0 saturated carbocycles. The van der Waals surface area contributed by atoms with Gasteiger partial charge in [-0.2, -0.15) is 0 Å². The van der Waals surface area contributed by atoms with Crippen LogP contribution in [0.25, 0.3) is 0 Å². The molecule has 0 aliphatic rings. The highest BCUT2D eigenvalue weighted by molar-refractivity contribution is 7.98. The third-order valence-electron chi connectivity index (χ3n) is 2.48. The van der Waals surface area contributed by atoms with Gasteiger partial charge in [0, 0.05) is 22.9 Å². The van der Waals surface area contributed by atoms with Crippen LogP contribution in [0.1, 0.15) is 5.56 Å². The first-order valence-corrected chi connectivity index (χ1v) is 7.05. The van der Waals surface area contributed by atoms with Crippen LogP contribution in [0.15, 0.2) is 23.4 Å². The average molecular weight is 302 g/mol. The molecule has 1 aromatic carbocycles. The molecule has 0 unspecified atom stereocenters. The summed E-state index contributed by atoms with van der Waals surface area (Å²) in [6.45, 7) is 1.43. The van der Waals surface area contributed by atoms with E-state index in [2.05, 4.69) is 20.8 Å². The zero-order valence-electron chi connectivity index (χ0n) is 10.3. The summed E-state index contributed by atoms with van der Waals surface area (Å²) < 4.78 is 15.3. The Balaban J connectivity index is 2.04. The van der Waals surface area contributed by atoms with E-state index in [1.54, 1.807) is 16.8 Å². The van der Waals surface area contributed by atoms with Crippen molar-refractivity contribution < 1.29 is 4.39 Å². The summed E-state index contributed by atoms with van der Waals surface area (Å²) >= 11 is 7.33. The lowest BCUT2D eigenvalue weighted by Crippen LogP contribution is -2.16. The van der Waals surface area contributed by atoms with Crippen LogP contribution in [-0.2, 0) is 12.3 Å². The predicted molar refractivity (Wildman–Crippen MR) is 72.7 cm³/mol. The molecule has 102 valence electrons.